The highest BCUT2D eigenvalue weighted by atomic mass is 15.2. The molecular formula is C17H28N2. The zero-order valence-electron chi connectivity index (χ0n) is 12.4. The molecule has 0 amide bonds. The van der Waals surface area contributed by atoms with E-state index in [4.69, 9.17) is 5.73 Å². The summed E-state index contributed by atoms with van der Waals surface area (Å²) in [6, 6.07) is 9.14. The third-order valence-electron chi connectivity index (χ3n) is 4.00. The van der Waals surface area contributed by atoms with Gasteiger partial charge in [-0.15, -0.1) is 0 Å². The number of anilines is 1. The molecule has 106 valence electrons. The van der Waals surface area contributed by atoms with E-state index in [1.54, 1.807) is 0 Å². The van der Waals surface area contributed by atoms with Crippen LogP contribution in [0.3, 0.4) is 0 Å². The van der Waals surface area contributed by atoms with E-state index in [1.807, 2.05) is 12.1 Å². The number of para-hydroxylation sites is 1. The van der Waals surface area contributed by atoms with Crippen LogP contribution >= 0.6 is 0 Å². The monoisotopic (exact) mass is 260 g/mol. The van der Waals surface area contributed by atoms with E-state index in [9.17, 15) is 0 Å². The molecule has 0 heterocycles. The lowest BCUT2D eigenvalue weighted by molar-refractivity contribution is 0.245. The first-order valence-corrected chi connectivity index (χ1v) is 7.74. The summed E-state index contributed by atoms with van der Waals surface area (Å²) in [5.74, 6) is 0.811. The van der Waals surface area contributed by atoms with Crippen LogP contribution in [-0.2, 0) is 6.42 Å². The summed E-state index contributed by atoms with van der Waals surface area (Å²) in [6.07, 6.45) is 6.47. The van der Waals surface area contributed by atoms with Crippen molar-refractivity contribution in [2.45, 2.75) is 52.0 Å². The molecule has 1 aromatic carbocycles. The average molecular weight is 260 g/mol. The number of hydrogen-bond acceptors (Lipinski definition) is 2. The fourth-order valence-corrected chi connectivity index (χ4v) is 2.58. The van der Waals surface area contributed by atoms with E-state index in [0.29, 0.717) is 0 Å². The third kappa shape index (κ3) is 4.87. The van der Waals surface area contributed by atoms with Gasteiger partial charge in [0.25, 0.3) is 0 Å². The average Bonchev–Trinajstić information content (AvgIpc) is 3.19. The Morgan fingerprint density at radius 2 is 1.95 bits per heavy atom. The topological polar surface area (TPSA) is 29.3 Å². The number of benzene rings is 1. The highest BCUT2D eigenvalue weighted by Crippen LogP contribution is 2.27. The first-order chi connectivity index (χ1) is 9.16. The Kier molecular flexibility index (Phi) is 5.26. The quantitative estimate of drug-likeness (QED) is 0.722. The molecule has 0 aromatic heterocycles. The smallest absolute Gasteiger partial charge is 0.0346 e. The van der Waals surface area contributed by atoms with Crippen molar-refractivity contribution in [3.8, 4) is 0 Å². The summed E-state index contributed by atoms with van der Waals surface area (Å²) < 4.78 is 0. The van der Waals surface area contributed by atoms with E-state index in [2.05, 4.69) is 30.9 Å². The van der Waals surface area contributed by atoms with Gasteiger partial charge in [0.05, 0.1) is 0 Å². The molecular weight excluding hydrogens is 232 g/mol. The van der Waals surface area contributed by atoms with Crippen molar-refractivity contribution in [3.63, 3.8) is 0 Å². The molecule has 0 radical (unpaired) electrons. The Labute approximate surface area is 118 Å². The lowest BCUT2D eigenvalue weighted by Gasteiger charge is -2.23. The van der Waals surface area contributed by atoms with Gasteiger partial charge < -0.3 is 10.6 Å². The SMILES string of the molecule is CC(C)CCN(CCCc1ccccc1N)C1CC1. The maximum atomic E-state index is 5.99. The molecule has 0 aliphatic heterocycles. The maximum absolute atomic E-state index is 5.99. The molecule has 1 fully saturated rings. The zero-order valence-corrected chi connectivity index (χ0v) is 12.4. The van der Waals surface area contributed by atoms with Crippen LogP contribution in [0.25, 0.3) is 0 Å². The summed E-state index contributed by atoms with van der Waals surface area (Å²) in [4.78, 5) is 2.69. The fourth-order valence-electron chi connectivity index (χ4n) is 2.58. The number of hydrogen-bond donors (Lipinski definition) is 1. The second kappa shape index (κ2) is 6.95. The van der Waals surface area contributed by atoms with Gasteiger partial charge in [-0.3, -0.25) is 0 Å². The first-order valence-electron chi connectivity index (χ1n) is 7.74. The molecule has 0 unspecified atom stereocenters. The Balaban J connectivity index is 1.74. The second-order valence-corrected chi connectivity index (χ2v) is 6.25. The molecule has 1 aromatic rings. The van der Waals surface area contributed by atoms with E-state index < -0.39 is 0 Å². The minimum atomic E-state index is 0.811. The molecule has 2 nitrogen and oxygen atoms in total. The molecule has 2 heteroatoms. The van der Waals surface area contributed by atoms with Gasteiger partial charge in [0, 0.05) is 11.7 Å². The number of aryl methyl sites for hydroxylation is 1. The molecule has 2 N–H and O–H groups in total. The van der Waals surface area contributed by atoms with Crippen LogP contribution in [0.1, 0.15) is 45.1 Å². The Morgan fingerprint density at radius 1 is 1.21 bits per heavy atom. The Hall–Kier alpha value is -1.02. The number of nitrogen functional groups attached to an aromatic ring is 1. The van der Waals surface area contributed by atoms with Crippen molar-refractivity contribution in [2.24, 2.45) is 5.92 Å². The van der Waals surface area contributed by atoms with Gasteiger partial charge in [-0.05, 0) is 62.7 Å². The molecule has 0 saturated heterocycles. The molecule has 1 aliphatic rings. The van der Waals surface area contributed by atoms with Crippen LogP contribution in [0.5, 0.6) is 0 Å². The van der Waals surface area contributed by atoms with Crippen molar-refractivity contribution in [3.05, 3.63) is 29.8 Å². The summed E-state index contributed by atoms with van der Waals surface area (Å²) >= 11 is 0. The summed E-state index contributed by atoms with van der Waals surface area (Å²) in [6.45, 7) is 7.13. The van der Waals surface area contributed by atoms with Crippen molar-refractivity contribution in [2.75, 3.05) is 18.8 Å². The zero-order chi connectivity index (χ0) is 13.7. The van der Waals surface area contributed by atoms with Gasteiger partial charge in [-0.1, -0.05) is 32.0 Å². The van der Waals surface area contributed by atoms with Crippen molar-refractivity contribution >= 4 is 5.69 Å². The van der Waals surface area contributed by atoms with Gasteiger partial charge in [0.2, 0.25) is 0 Å². The standard InChI is InChI=1S/C17H28N2/c1-14(2)11-13-19(16-9-10-16)12-5-7-15-6-3-4-8-17(15)18/h3-4,6,8,14,16H,5,7,9-13,18H2,1-2H3. The van der Waals surface area contributed by atoms with Crippen LogP contribution in [0.4, 0.5) is 5.69 Å². The van der Waals surface area contributed by atoms with Crippen LogP contribution in [-0.4, -0.2) is 24.0 Å². The molecule has 0 bridgehead atoms. The minimum absolute atomic E-state index is 0.811. The lowest BCUT2D eigenvalue weighted by Crippen LogP contribution is -2.29. The molecule has 2 rings (SSSR count). The van der Waals surface area contributed by atoms with Gasteiger partial charge in [-0.25, -0.2) is 0 Å². The van der Waals surface area contributed by atoms with Crippen molar-refractivity contribution < 1.29 is 0 Å². The molecule has 1 saturated carbocycles. The highest BCUT2D eigenvalue weighted by molar-refractivity contribution is 5.46. The van der Waals surface area contributed by atoms with Gasteiger partial charge >= 0.3 is 0 Å². The predicted molar refractivity (Wildman–Crippen MR) is 83.2 cm³/mol. The lowest BCUT2D eigenvalue weighted by atomic mass is 10.1. The molecule has 19 heavy (non-hydrogen) atoms. The number of nitrogens with zero attached hydrogens (tertiary/aromatic N) is 1. The summed E-state index contributed by atoms with van der Waals surface area (Å²) in [7, 11) is 0. The Morgan fingerprint density at radius 3 is 2.58 bits per heavy atom. The fraction of sp³-hybridized carbons (Fsp3) is 0.647. The van der Waals surface area contributed by atoms with E-state index in [1.165, 1.54) is 44.3 Å². The molecule has 0 spiro atoms. The highest BCUT2D eigenvalue weighted by Gasteiger charge is 2.28. The molecule has 0 atom stereocenters. The number of rotatable bonds is 8. The second-order valence-electron chi connectivity index (χ2n) is 6.25. The molecule has 1 aliphatic carbocycles. The third-order valence-corrected chi connectivity index (χ3v) is 4.00. The van der Waals surface area contributed by atoms with Gasteiger partial charge in [0.15, 0.2) is 0 Å². The predicted octanol–water partition coefficient (Wildman–Crippen LogP) is 3.71. The van der Waals surface area contributed by atoms with Crippen molar-refractivity contribution in [1.29, 1.82) is 0 Å². The van der Waals surface area contributed by atoms with Gasteiger partial charge in [0.1, 0.15) is 0 Å². The van der Waals surface area contributed by atoms with Crippen LogP contribution in [0, 0.1) is 5.92 Å². The summed E-state index contributed by atoms with van der Waals surface area (Å²) in [5.41, 5.74) is 8.25. The van der Waals surface area contributed by atoms with Crippen LogP contribution < -0.4 is 5.73 Å². The first kappa shape index (κ1) is 14.4. The van der Waals surface area contributed by atoms with Crippen molar-refractivity contribution in [1.82, 2.24) is 4.90 Å². The largest absolute Gasteiger partial charge is 0.399 e. The van der Waals surface area contributed by atoms with E-state index in [-0.39, 0.29) is 0 Å². The number of nitrogens with two attached hydrogens (primary N) is 1. The van der Waals surface area contributed by atoms with Crippen LogP contribution in [0.2, 0.25) is 0 Å². The minimum Gasteiger partial charge on any atom is -0.399 e. The van der Waals surface area contributed by atoms with E-state index >= 15 is 0 Å². The Bertz CT molecular complexity index is 383. The van der Waals surface area contributed by atoms with E-state index in [0.717, 1.165) is 24.1 Å². The van der Waals surface area contributed by atoms with Crippen LogP contribution in [0.15, 0.2) is 24.3 Å². The maximum Gasteiger partial charge on any atom is 0.0346 e. The summed E-state index contributed by atoms with van der Waals surface area (Å²) in [5, 5.41) is 0. The van der Waals surface area contributed by atoms with Gasteiger partial charge in [-0.2, -0.15) is 0 Å². The normalized spacial score (nSPS) is 15.4.